The molecule has 1 aliphatic rings. The van der Waals surface area contributed by atoms with Crippen LogP contribution >= 0.6 is 0 Å². The summed E-state index contributed by atoms with van der Waals surface area (Å²) in [7, 11) is 0. The summed E-state index contributed by atoms with van der Waals surface area (Å²) in [4.78, 5) is 27.3. The molecule has 3 aromatic rings. The molecule has 1 fully saturated rings. The van der Waals surface area contributed by atoms with Crippen molar-refractivity contribution in [1.82, 2.24) is 30.2 Å². The van der Waals surface area contributed by atoms with Crippen molar-refractivity contribution in [1.29, 1.82) is 0 Å². The highest BCUT2D eigenvalue weighted by Crippen LogP contribution is 2.18. The van der Waals surface area contributed by atoms with Gasteiger partial charge in [0.05, 0.1) is 13.2 Å². The lowest BCUT2D eigenvalue weighted by Crippen LogP contribution is -2.38. The Bertz CT molecular complexity index is 922. The van der Waals surface area contributed by atoms with Crippen molar-refractivity contribution in [3.05, 3.63) is 66.5 Å². The van der Waals surface area contributed by atoms with Crippen LogP contribution in [-0.2, 0) is 17.8 Å². The SMILES string of the molecule is O=C(NCc1ccc(-n2ccnc2)nc1)NCc1cccnc1N1CCOCC1. The van der Waals surface area contributed by atoms with Gasteiger partial charge in [-0.05, 0) is 17.7 Å². The second kappa shape index (κ2) is 9.16. The van der Waals surface area contributed by atoms with Gasteiger partial charge in [-0.15, -0.1) is 0 Å². The van der Waals surface area contributed by atoms with Gasteiger partial charge < -0.3 is 20.3 Å². The van der Waals surface area contributed by atoms with Crippen LogP contribution in [0.15, 0.2) is 55.4 Å². The predicted octanol–water partition coefficient (Wildman–Crippen LogP) is 1.50. The Morgan fingerprint density at radius 2 is 1.93 bits per heavy atom. The zero-order valence-corrected chi connectivity index (χ0v) is 16.0. The van der Waals surface area contributed by atoms with Crippen molar-refractivity contribution in [2.75, 3.05) is 31.2 Å². The van der Waals surface area contributed by atoms with Gasteiger partial charge in [0.25, 0.3) is 0 Å². The number of carbonyl (C=O) groups excluding carboxylic acids is 1. The molecule has 150 valence electrons. The maximum absolute atomic E-state index is 12.2. The highest BCUT2D eigenvalue weighted by Gasteiger charge is 2.16. The molecule has 9 heteroatoms. The third-order valence-corrected chi connectivity index (χ3v) is 4.65. The molecule has 0 bridgehead atoms. The van der Waals surface area contributed by atoms with E-state index in [-0.39, 0.29) is 6.03 Å². The fourth-order valence-corrected chi connectivity index (χ4v) is 3.12. The van der Waals surface area contributed by atoms with Crippen molar-refractivity contribution >= 4 is 11.8 Å². The van der Waals surface area contributed by atoms with E-state index < -0.39 is 0 Å². The molecular formula is C20H23N7O2. The van der Waals surface area contributed by atoms with Crippen LogP contribution in [0.4, 0.5) is 10.6 Å². The smallest absolute Gasteiger partial charge is 0.315 e. The molecule has 4 rings (SSSR count). The first-order valence-corrected chi connectivity index (χ1v) is 9.51. The number of aromatic nitrogens is 4. The van der Waals surface area contributed by atoms with E-state index in [0.717, 1.165) is 35.9 Å². The van der Waals surface area contributed by atoms with E-state index >= 15 is 0 Å². The van der Waals surface area contributed by atoms with E-state index in [1.807, 2.05) is 35.0 Å². The van der Waals surface area contributed by atoms with Crippen molar-refractivity contribution in [3.63, 3.8) is 0 Å². The number of nitrogens with zero attached hydrogens (tertiary/aromatic N) is 5. The average Bonchev–Trinajstić information content (AvgIpc) is 3.32. The Kier molecular flexibility index (Phi) is 5.96. The number of rotatable bonds is 6. The van der Waals surface area contributed by atoms with Crippen molar-refractivity contribution in [2.24, 2.45) is 0 Å². The van der Waals surface area contributed by atoms with Crippen LogP contribution in [0.3, 0.4) is 0 Å². The van der Waals surface area contributed by atoms with Gasteiger partial charge in [-0.2, -0.15) is 0 Å². The Hall–Kier alpha value is -3.46. The van der Waals surface area contributed by atoms with E-state index in [1.165, 1.54) is 0 Å². The van der Waals surface area contributed by atoms with Gasteiger partial charge in [-0.3, -0.25) is 4.57 Å². The first-order chi connectivity index (χ1) is 14.3. The molecule has 9 nitrogen and oxygen atoms in total. The molecule has 29 heavy (non-hydrogen) atoms. The maximum Gasteiger partial charge on any atom is 0.315 e. The molecule has 0 aliphatic carbocycles. The summed E-state index contributed by atoms with van der Waals surface area (Å²) in [6, 6.07) is 7.45. The van der Waals surface area contributed by atoms with Crippen LogP contribution < -0.4 is 15.5 Å². The van der Waals surface area contributed by atoms with Gasteiger partial charge in [0.2, 0.25) is 0 Å². The summed E-state index contributed by atoms with van der Waals surface area (Å²) in [6.07, 6.45) is 8.74. The molecule has 0 saturated carbocycles. The summed E-state index contributed by atoms with van der Waals surface area (Å²) in [5, 5.41) is 5.76. The topological polar surface area (TPSA) is 97.2 Å². The molecular weight excluding hydrogens is 370 g/mol. The molecule has 1 saturated heterocycles. The Balaban J connectivity index is 1.28. The van der Waals surface area contributed by atoms with Gasteiger partial charge in [0.15, 0.2) is 0 Å². The van der Waals surface area contributed by atoms with Gasteiger partial charge in [-0.25, -0.2) is 19.7 Å². The number of pyridine rings is 2. The molecule has 0 radical (unpaired) electrons. The van der Waals surface area contributed by atoms with Crippen LogP contribution in [-0.4, -0.2) is 51.9 Å². The molecule has 0 atom stereocenters. The summed E-state index contributed by atoms with van der Waals surface area (Å²) < 4.78 is 7.23. The van der Waals surface area contributed by atoms with Crippen LogP contribution in [0.25, 0.3) is 5.82 Å². The molecule has 2 amide bonds. The quantitative estimate of drug-likeness (QED) is 0.659. The number of ether oxygens (including phenoxy) is 1. The minimum absolute atomic E-state index is 0.236. The van der Waals surface area contributed by atoms with Gasteiger partial charge in [0.1, 0.15) is 18.0 Å². The summed E-state index contributed by atoms with van der Waals surface area (Å²) in [5.74, 6) is 1.68. The van der Waals surface area contributed by atoms with Crippen molar-refractivity contribution in [2.45, 2.75) is 13.1 Å². The van der Waals surface area contributed by atoms with E-state index in [9.17, 15) is 4.79 Å². The number of hydrogen-bond donors (Lipinski definition) is 2. The van der Waals surface area contributed by atoms with Crippen molar-refractivity contribution in [3.8, 4) is 5.82 Å². The average molecular weight is 393 g/mol. The fourth-order valence-electron chi connectivity index (χ4n) is 3.12. The van der Waals surface area contributed by atoms with Crippen LogP contribution in [0.5, 0.6) is 0 Å². The Labute approximate surface area is 168 Å². The second-order valence-electron chi connectivity index (χ2n) is 6.62. The first-order valence-electron chi connectivity index (χ1n) is 9.51. The highest BCUT2D eigenvalue weighted by atomic mass is 16.5. The van der Waals surface area contributed by atoms with Crippen LogP contribution in [0, 0.1) is 0 Å². The lowest BCUT2D eigenvalue weighted by atomic mass is 10.2. The summed E-state index contributed by atoms with van der Waals surface area (Å²) in [6.45, 7) is 3.79. The standard InChI is InChI=1S/C20H23N7O2/c28-20(24-13-16-3-4-18(23-12-16)27-7-6-21-15-27)25-14-17-2-1-5-22-19(17)26-8-10-29-11-9-26/h1-7,12,15H,8-11,13-14H2,(H2,24,25,28). The van der Waals surface area contributed by atoms with E-state index in [0.29, 0.717) is 26.3 Å². The molecule has 3 aromatic heterocycles. The minimum atomic E-state index is -0.236. The molecule has 1 aliphatic heterocycles. The van der Waals surface area contributed by atoms with Crippen molar-refractivity contribution < 1.29 is 9.53 Å². The number of anilines is 1. The number of imidazole rings is 1. The number of hydrogen-bond acceptors (Lipinski definition) is 6. The largest absolute Gasteiger partial charge is 0.378 e. The number of morpholine rings is 1. The Morgan fingerprint density at radius 3 is 2.69 bits per heavy atom. The van der Waals surface area contributed by atoms with Crippen LogP contribution in [0.2, 0.25) is 0 Å². The Morgan fingerprint density at radius 1 is 1.07 bits per heavy atom. The number of amides is 2. The molecule has 4 heterocycles. The normalized spacial score (nSPS) is 13.9. The summed E-state index contributed by atoms with van der Waals surface area (Å²) in [5.41, 5.74) is 1.90. The van der Waals surface area contributed by atoms with Gasteiger partial charge >= 0.3 is 6.03 Å². The maximum atomic E-state index is 12.2. The minimum Gasteiger partial charge on any atom is -0.378 e. The zero-order valence-electron chi connectivity index (χ0n) is 16.0. The fraction of sp³-hybridized carbons (Fsp3) is 0.300. The van der Waals surface area contributed by atoms with E-state index in [1.54, 1.807) is 24.9 Å². The first kappa shape index (κ1) is 18.9. The molecule has 0 spiro atoms. The predicted molar refractivity (Wildman–Crippen MR) is 108 cm³/mol. The second-order valence-corrected chi connectivity index (χ2v) is 6.62. The van der Waals surface area contributed by atoms with E-state index in [4.69, 9.17) is 4.74 Å². The third-order valence-electron chi connectivity index (χ3n) is 4.65. The molecule has 2 N–H and O–H groups in total. The number of carbonyl (C=O) groups is 1. The third kappa shape index (κ3) is 4.88. The lowest BCUT2D eigenvalue weighted by Gasteiger charge is -2.29. The highest BCUT2D eigenvalue weighted by molar-refractivity contribution is 5.74. The number of urea groups is 1. The van der Waals surface area contributed by atoms with Crippen LogP contribution in [0.1, 0.15) is 11.1 Å². The molecule has 0 aromatic carbocycles. The lowest BCUT2D eigenvalue weighted by molar-refractivity contribution is 0.122. The number of nitrogens with one attached hydrogen (secondary N) is 2. The molecule has 0 unspecified atom stereocenters. The van der Waals surface area contributed by atoms with Gasteiger partial charge in [0, 0.05) is 56.5 Å². The summed E-state index contributed by atoms with van der Waals surface area (Å²) >= 11 is 0. The zero-order chi connectivity index (χ0) is 19.9. The monoisotopic (exact) mass is 393 g/mol. The van der Waals surface area contributed by atoms with E-state index in [2.05, 4.69) is 30.5 Å². The van der Waals surface area contributed by atoms with Gasteiger partial charge in [-0.1, -0.05) is 12.1 Å².